The molecule has 1 rings (SSSR count). The minimum Gasteiger partial charge on any atom is -0.459 e. The quantitative estimate of drug-likeness (QED) is 0.688. The summed E-state index contributed by atoms with van der Waals surface area (Å²) in [5.41, 5.74) is -2.72. The lowest BCUT2D eigenvalue weighted by Gasteiger charge is -2.19. The Balaban J connectivity index is 2.80. The molecule has 0 saturated heterocycles. The molecular weight excluding hydrogens is 306 g/mol. The first kappa shape index (κ1) is 17.9. The molecule has 0 aliphatic heterocycles. The fraction of sp³-hybridized carbons (Fsp3) is 0.429. The van der Waals surface area contributed by atoms with Gasteiger partial charge in [-0.15, -0.1) is 0 Å². The van der Waals surface area contributed by atoms with Gasteiger partial charge in [0.15, 0.2) is 0 Å². The summed E-state index contributed by atoms with van der Waals surface area (Å²) in [7, 11) is 0. The van der Waals surface area contributed by atoms with Gasteiger partial charge in [0.25, 0.3) is 5.91 Å². The molecule has 1 aromatic rings. The molecule has 0 unspecified atom stereocenters. The van der Waals surface area contributed by atoms with E-state index in [4.69, 9.17) is 4.74 Å². The van der Waals surface area contributed by atoms with Crippen LogP contribution >= 0.6 is 0 Å². The molecule has 0 heterocycles. The summed E-state index contributed by atoms with van der Waals surface area (Å²) in [5, 5.41) is 2.02. The van der Waals surface area contributed by atoms with E-state index >= 15 is 0 Å². The van der Waals surface area contributed by atoms with Crippen molar-refractivity contribution in [1.29, 1.82) is 0 Å². The molecular formula is C14H15F4NO3. The summed E-state index contributed by atoms with van der Waals surface area (Å²) in [4.78, 5) is 23.1. The molecule has 0 aliphatic carbocycles. The van der Waals surface area contributed by atoms with E-state index in [0.29, 0.717) is 18.2 Å². The number of hydrogen-bond acceptors (Lipinski definition) is 3. The van der Waals surface area contributed by atoms with Crippen LogP contribution in [0.2, 0.25) is 0 Å². The van der Waals surface area contributed by atoms with E-state index in [1.54, 1.807) is 20.8 Å². The van der Waals surface area contributed by atoms with Crippen molar-refractivity contribution in [3.05, 3.63) is 35.1 Å². The van der Waals surface area contributed by atoms with Gasteiger partial charge in [0, 0.05) is 0 Å². The topological polar surface area (TPSA) is 55.4 Å². The van der Waals surface area contributed by atoms with Crippen LogP contribution in [0, 0.1) is 5.82 Å². The average Bonchev–Trinajstić information content (AvgIpc) is 2.33. The number of alkyl halides is 3. The molecule has 4 nitrogen and oxygen atoms in total. The number of rotatable bonds is 3. The molecule has 22 heavy (non-hydrogen) atoms. The van der Waals surface area contributed by atoms with Crippen LogP contribution in [0.25, 0.3) is 0 Å². The molecule has 0 aliphatic rings. The van der Waals surface area contributed by atoms with Crippen molar-refractivity contribution in [1.82, 2.24) is 5.32 Å². The fourth-order valence-electron chi connectivity index (χ4n) is 1.50. The van der Waals surface area contributed by atoms with E-state index in [2.05, 4.69) is 0 Å². The fourth-order valence-corrected chi connectivity index (χ4v) is 1.50. The van der Waals surface area contributed by atoms with E-state index in [1.807, 2.05) is 5.32 Å². The number of esters is 1. The summed E-state index contributed by atoms with van der Waals surface area (Å²) >= 11 is 0. The third kappa shape index (κ3) is 5.34. The van der Waals surface area contributed by atoms with Gasteiger partial charge < -0.3 is 10.1 Å². The van der Waals surface area contributed by atoms with Gasteiger partial charge in [0.05, 0.1) is 11.1 Å². The Kier molecular flexibility index (Phi) is 5.16. The Morgan fingerprint density at radius 1 is 1.18 bits per heavy atom. The van der Waals surface area contributed by atoms with Crippen molar-refractivity contribution in [2.75, 3.05) is 6.54 Å². The SMILES string of the molecule is CC(C)(C)OC(=O)CNC(=O)c1cc(C(F)(F)F)ccc1F. The molecule has 0 saturated carbocycles. The molecule has 0 spiro atoms. The summed E-state index contributed by atoms with van der Waals surface area (Å²) in [6.45, 7) is 4.25. The largest absolute Gasteiger partial charge is 0.459 e. The number of halogens is 4. The molecule has 8 heteroatoms. The number of nitrogens with one attached hydrogen (secondary N) is 1. The average molecular weight is 321 g/mol. The van der Waals surface area contributed by atoms with Gasteiger partial charge in [-0.3, -0.25) is 9.59 Å². The summed E-state index contributed by atoms with van der Waals surface area (Å²) < 4.78 is 56.0. The van der Waals surface area contributed by atoms with Gasteiger partial charge in [0.2, 0.25) is 0 Å². The summed E-state index contributed by atoms with van der Waals surface area (Å²) in [5.74, 6) is -3.03. The lowest BCUT2D eigenvalue weighted by atomic mass is 10.1. The van der Waals surface area contributed by atoms with Crippen LogP contribution in [-0.4, -0.2) is 24.0 Å². The number of amides is 1. The molecule has 0 bridgehead atoms. The standard InChI is InChI=1S/C14H15F4NO3/c1-13(2,3)22-11(20)7-19-12(21)9-6-8(14(16,17)18)4-5-10(9)15/h4-6H,7H2,1-3H3,(H,19,21). The zero-order chi connectivity index (χ0) is 17.1. The second kappa shape index (κ2) is 6.33. The monoisotopic (exact) mass is 321 g/mol. The van der Waals surface area contributed by atoms with E-state index in [1.165, 1.54) is 0 Å². The van der Waals surface area contributed by atoms with Gasteiger partial charge in [-0.1, -0.05) is 0 Å². The van der Waals surface area contributed by atoms with E-state index < -0.39 is 47.1 Å². The second-order valence-corrected chi connectivity index (χ2v) is 5.46. The van der Waals surface area contributed by atoms with Crippen molar-refractivity contribution in [3.63, 3.8) is 0 Å². The maximum Gasteiger partial charge on any atom is 0.416 e. The van der Waals surface area contributed by atoms with Crippen LogP contribution in [0.15, 0.2) is 18.2 Å². The van der Waals surface area contributed by atoms with Crippen LogP contribution in [0.5, 0.6) is 0 Å². The highest BCUT2D eigenvalue weighted by Crippen LogP contribution is 2.30. The van der Waals surface area contributed by atoms with Gasteiger partial charge in [-0.2, -0.15) is 13.2 Å². The minimum absolute atomic E-state index is 0.389. The Bertz CT molecular complexity index is 576. The van der Waals surface area contributed by atoms with E-state index in [9.17, 15) is 27.2 Å². The highest BCUT2D eigenvalue weighted by Gasteiger charge is 2.32. The van der Waals surface area contributed by atoms with Crippen molar-refractivity contribution < 1.29 is 31.9 Å². The maximum absolute atomic E-state index is 13.5. The molecule has 0 radical (unpaired) electrons. The Hall–Kier alpha value is -2.12. The zero-order valence-electron chi connectivity index (χ0n) is 12.2. The van der Waals surface area contributed by atoms with Crippen LogP contribution in [0.1, 0.15) is 36.7 Å². The van der Waals surface area contributed by atoms with Crippen molar-refractivity contribution in [2.24, 2.45) is 0 Å². The van der Waals surface area contributed by atoms with Gasteiger partial charge in [-0.25, -0.2) is 4.39 Å². The minimum atomic E-state index is -4.70. The lowest BCUT2D eigenvalue weighted by Crippen LogP contribution is -2.35. The lowest BCUT2D eigenvalue weighted by molar-refractivity contribution is -0.153. The van der Waals surface area contributed by atoms with Gasteiger partial charge >= 0.3 is 12.1 Å². The normalized spacial score (nSPS) is 12.0. The van der Waals surface area contributed by atoms with Crippen LogP contribution in [0.3, 0.4) is 0 Å². The third-order valence-corrected chi connectivity index (χ3v) is 2.35. The first-order chi connectivity index (χ1) is 9.90. The van der Waals surface area contributed by atoms with Crippen LogP contribution in [-0.2, 0) is 15.7 Å². The summed E-state index contributed by atoms with van der Waals surface area (Å²) in [6, 6.07) is 1.46. The predicted molar refractivity (Wildman–Crippen MR) is 69.6 cm³/mol. The van der Waals surface area contributed by atoms with Crippen LogP contribution in [0.4, 0.5) is 17.6 Å². The predicted octanol–water partition coefficient (Wildman–Crippen LogP) is 2.92. The highest BCUT2D eigenvalue weighted by molar-refractivity contribution is 5.96. The zero-order valence-corrected chi connectivity index (χ0v) is 12.2. The number of carbonyl (C=O) groups is 2. The molecule has 1 amide bonds. The van der Waals surface area contributed by atoms with Crippen molar-refractivity contribution >= 4 is 11.9 Å². The summed E-state index contributed by atoms with van der Waals surface area (Å²) in [6.07, 6.45) is -4.70. The van der Waals surface area contributed by atoms with Crippen molar-refractivity contribution in [2.45, 2.75) is 32.5 Å². The number of carbonyl (C=O) groups excluding carboxylic acids is 2. The first-order valence-corrected chi connectivity index (χ1v) is 6.27. The number of hydrogen-bond donors (Lipinski definition) is 1. The third-order valence-electron chi connectivity index (χ3n) is 2.35. The molecule has 122 valence electrons. The van der Waals surface area contributed by atoms with Crippen molar-refractivity contribution in [3.8, 4) is 0 Å². The Morgan fingerprint density at radius 3 is 2.27 bits per heavy atom. The Labute approximate surface area is 124 Å². The molecule has 1 aromatic carbocycles. The molecule has 0 atom stereocenters. The Morgan fingerprint density at radius 2 is 1.77 bits per heavy atom. The van der Waals surface area contributed by atoms with E-state index in [-0.39, 0.29) is 0 Å². The van der Waals surface area contributed by atoms with Gasteiger partial charge in [-0.05, 0) is 39.0 Å². The number of benzene rings is 1. The smallest absolute Gasteiger partial charge is 0.416 e. The molecule has 0 aromatic heterocycles. The number of ether oxygens (including phenoxy) is 1. The van der Waals surface area contributed by atoms with Crippen LogP contribution < -0.4 is 5.32 Å². The molecule has 1 N–H and O–H groups in total. The second-order valence-electron chi connectivity index (χ2n) is 5.46. The molecule has 0 fully saturated rings. The van der Waals surface area contributed by atoms with E-state index in [0.717, 1.165) is 0 Å². The van der Waals surface area contributed by atoms with Gasteiger partial charge in [0.1, 0.15) is 18.0 Å². The maximum atomic E-state index is 13.5. The first-order valence-electron chi connectivity index (χ1n) is 6.27. The highest BCUT2D eigenvalue weighted by atomic mass is 19.4.